The molecule has 0 unspecified atom stereocenters. The molecule has 0 saturated heterocycles. The summed E-state index contributed by atoms with van der Waals surface area (Å²) < 4.78 is 68.0. The molecule has 23 heavy (non-hydrogen) atoms. The molecule has 1 heterocycles. The van der Waals surface area contributed by atoms with Crippen LogP contribution in [0.25, 0.3) is 0 Å². The van der Waals surface area contributed by atoms with Gasteiger partial charge in [-0.05, 0) is 30.3 Å². The van der Waals surface area contributed by atoms with Gasteiger partial charge in [-0.1, -0.05) is 0 Å². The number of carbonyl (C=O) groups is 1. The fraction of sp³-hybridized carbons (Fsp3) is 0.143. The Hall–Kier alpha value is -2.71. The molecule has 0 bridgehead atoms. The third-order valence-electron chi connectivity index (χ3n) is 2.78. The van der Waals surface area contributed by atoms with Crippen LogP contribution < -0.4 is 4.74 Å². The first kappa shape index (κ1) is 16.7. The zero-order valence-electron chi connectivity index (χ0n) is 11.1. The van der Waals surface area contributed by atoms with Crippen LogP contribution in [-0.2, 0) is 5.92 Å². The topological polar surface area (TPSA) is 59.4 Å². The Kier molecular flexibility index (Phi) is 4.22. The lowest BCUT2D eigenvalue weighted by Crippen LogP contribution is -2.33. The van der Waals surface area contributed by atoms with Gasteiger partial charge in [0.15, 0.2) is 0 Å². The summed E-state index contributed by atoms with van der Waals surface area (Å²) in [7, 11) is 0. The number of ether oxygens (including phenoxy) is 1. The predicted molar refractivity (Wildman–Crippen MR) is 67.7 cm³/mol. The summed E-state index contributed by atoms with van der Waals surface area (Å²) >= 11 is 0. The molecule has 1 aromatic heterocycles. The van der Waals surface area contributed by atoms with Crippen molar-refractivity contribution in [3.05, 3.63) is 53.7 Å². The molecule has 0 fully saturated rings. The molecule has 0 saturated carbocycles. The molecule has 0 radical (unpaired) electrons. The van der Waals surface area contributed by atoms with Crippen LogP contribution in [0.15, 0.2) is 42.6 Å². The van der Waals surface area contributed by atoms with Crippen LogP contribution in [0, 0.1) is 0 Å². The van der Waals surface area contributed by atoms with E-state index in [1.165, 1.54) is 12.1 Å². The highest BCUT2D eigenvalue weighted by atomic mass is 19.4. The summed E-state index contributed by atoms with van der Waals surface area (Å²) in [5.41, 5.74) is -1.30. The van der Waals surface area contributed by atoms with Gasteiger partial charge in [-0.15, -0.1) is 0 Å². The lowest BCUT2D eigenvalue weighted by molar-refractivity contribution is -0.289. The van der Waals surface area contributed by atoms with Crippen LogP contribution in [-0.4, -0.2) is 22.2 Å². The van der Waals surface area contributed by atoms with E-state index in [0.29, 0.717) is 12.1 Å². The van der Waals surface area contributed by atoms with Crippen LogP contribution in [0.2, 0.25) is 0 Å². The highest BCUT2D eigenvalue weighted by molar-refractivity contribution is 5.87. The number of nitrogens with zero attached hydrogens (tertiary/aromatic N) is 1. The smallest absolute Gasteiger partial charge is 0.458 e. The number of rotatable bonds is 4. The monoisotopic (exact) mass is 333 g/mol. The SMILES string of the molecule is O=C(O)c1ccc(Oc2ccc(C(F)(F)C(F)(F)F)cc2)nc1. The van der Waals surface area contributed by atoms with Gasteiger partial charge < -0.3 is 9.84 Å². The van der Waals surface area contributed by atoms with E-state index in [-0.39, 0.29) is 17.2 Å². The fourth-order valence-electron chi connectivity index (χ4n) is 1.58. The second-order valence-electron chi connectivity index (χ2n) is 4.39. The van der Waals surface area contributed by atoms with Gasteiger partial charge in [-0.3, -0.25) is 0 Å². The standard InChI is InChI=1S/C14H8F5NO3/c15-13(16,14(17,18)19)9-2-4-10(5-3-9)23-11-6-1-8(7-20-11)12(21)22/h1-7H,(H,21,22). The summed E-state index contributed by atoms with van der Waals surface area (Å²) in [6, 6.07) is 5.48. The van der Waals surface area contributed by atoms with Gasteiger partial charge in [-0.25, -0.2) is 9.78 Å². The van der Waals surface area contributed by atoms with Gasteiger partial charge in [0, 0.05) is 17.8 Å². The van der Waals surface area contributed by atoms with Crippen molar-refractivity contribution >= 4 is 5.97 Å². The first-order valence-corrected chi connectivity index (χ1v) is 6.03. The Morgan fingerprint density at radius 2 is 1.61 bits per heavy atom. The fourth-order valence-corrected chi connectivity index (χ4v) is 1.58. The summed E-state index contributed by atoms with van der Waals surface area (Å²) in [4.78, 5) is 14.3. The number of hydrogen-bond donors (Lipinski definition) is 1. The van der Waals surface area contributed by atoms with Crippen LogP contribution in [0.4, 0.5) is 22.0 Å². The van der Waals surface area contributed by atoms with Crippen molar-refractivity contribution in [1.82, 2.24) is 4.98 Å². The maximum absolute atomic E-state index is 13.1. The number of aromatic carboxylic acids is 1. The van der Waals surface area contributed by atoms with Gasteiger partial charge in [-0.2, -0.15) is 22.0 Å². The van der Waals surface area contributed by atoms with Crippen molar-refractivity contribution in [2.45, 2.75) is 12.1 Å². The quantitative estimate of drug-likeness (QED) is 0.851. The molecular formula is C14H8F5NO3. The van der Waals surface area contributed by atoms with Gasteiger partial charge >= 0.3 is 18.1 Å². The number of aromatic nitrogens is 1. The Morgan fingerprint density at radius 1 is 1.00 bits per heavy atom. The van der Waals surface area contributed by atoms with Gasteiger partial charge in [0.25, 0.3) is 0 Å². The molecule has 0 aliphatic rings. The normalized spacial score (nSPS) is 12.0. The molecule has 4 nitrogen and oxygen atoms in total. The van der Waals surface area contributed by atoms with E-state index in [9.17, 15) is 26.7 Å². The lowest BCUT2D eigenvalue weighted by atomic mass is 10.1. The van der Waals surface area contributed by atoms with Crippen LogP contribution >= 0.6 is 0 Å². The van der Waals surface area contributed by atoms with E-state index in [0.717, 1.165) is 18.3 Å². The lowest BCUT2D eigenvalue weighted by Gasteiger charge is -2.19. The van der Waals surface area contributed by atoms with E-state index in [1.807, 2.05) is 0 Å². The van der Waals surface area contributed by atoms with Crippen molar-refractivity contribution in [2.75, 3.05) is 0 Å². The maximum Gasteiger partial charge on any atom is 0.458 e. The molecule has 2 rings (SSSR count). The number of alkyl halides is 5. The number of halogens is 5. The van der Waals surface area contributed by atoms with Crippen molar-refractivity contribution < 1.29 is 36.6 Å². The zero-order valence-corrected chi connectivity index (χ0v) is 11.1. The molecule has 0 spiro atoms. The number of pyridine rings is 1. The van der Waals surface area contributed by atoms with E-state index < -0.39 is 23.6 Å². The Labute approximate surface area is 126 Å². The summed E-state index contributed by atoms with van der Waals surface area (Å²) in [5.74, 6) is -6.22. The predicted octanol–water partition coefficient (Wildman–Crippen LogP) is 4.23. The Morgan fingerprint density at radius 3 is 2.04 bits per heavy atom. The molecule has 1 aromatic carbocycles. The third kappa shape index (κ3) is 3.55. The average Bonchev–Trinajstić information content (AvgIpc) is 2.47. The Bertz CT molecular complexity index is 696. The van der Waals surface area contributed by atoms with Gasteiger partial charge in [0.2, 0.25) is 5.88 Å². The molecule has 1 N–H and O–H groups in total. The third-order valence-corrected chi connectivity index (χ3v) is 2.78. The van der Waals surface area contributed by atoms with Crippen LogP contribution in [0.3, 0.4) is 0 Å². The maximum atomic E-state index is 13.1. The van der Waals surface area contributed by atoms with Gasteiger partial charge in [0.1, 0.15) is 5.75 Å². The average molecular weight is 333 g/mol. The highest BCUT2D eigenvalue weighted by Crippen LogP contribution is 2.44. The van der Waals surface area contributed by atoms with E-state index in [1.54, 1.807) is 0 Å². The van der Waals surface area contributed by atoms with Crippen molar-refractivity contribution in [3.63, 3.8) is 0 Å². The molecule has 0 aliphatic carbocycles. The van der Waals surface area contributed by atoms with Crippen molar-refractivity contribution in [2.24, 2.45) is 0 Å². The minimum absolute atomic E-state index is 0.0256. The molecular weight excluding hydrogens is 325 g/mol. The largest absolute Gasteiger partial charge is 0.478 e. The number of benzene rings is 1. The molecule has 9 heteroatoms. The second kappa shape index (κ2) is 5.82. The van der Waals surface area contributed by atoms with Crippen LogP contribution in [0.5, 0.6) is 11.6 Å². The number of carboxylic acid groups (broad SMARTS) is 1. The molecule has 0 atom stereocenters. The van der Waals surface area contributed by atoms with E-state index >= 15 is 0 Å². The van der Waals surface area contributed by atoms with Crippen LogP contribution in [0.1, 0.15) is 15.9 Å². The summed E-state index contributed by atoms with van der Waals surface area (Å²) in [5, 5.41) is 8.69. The first-order valence-electron chi connectivity index (χ1n) is 6.03. The highest BCUT2D eigenvalue weighted by Gasteiger charge is 2.58. The van der Waals surface area contributed by atoms with Crippen molar-refractivity contribution in [1.29, 1.82) is 0 Å². The minimum Gasteiger partial charge on any atom is -0.478 e. The first-order chi connectivity index (χ1) is 10.6. The number of hydrogen-bond acceptors (Lipinski definition) is 3. The minimum atomic E-state index is -5.69. The molecule has 0 aliphatic heterocycles. The summed E-state index contributed by atoms with van der Waals surface area (Å²) in [6.45, 7) is 0. The summed E-state index contributed by atoms with van der Waals surface area (Å²) in [6.07, 6.45) is -4.67. The molecule has 2 aromatic rings. The molecule has 0 amide bonds. The van der Waals surface area contributed by atoms with E-state index in [2.05, 4.69) is 4.98 Å². The van der Waals surface area contributed by atoms with E-state index in [4.69, 9.17) is 9.84 Å². The Balaban J connectivity index is 2.16. The molecule has 122 valence electrons. The zero-order chi connectivity index (χ0) is 17.3. The second-order valence-corrected chi connectivity index (χ2v) is 4.39. The van der Waals surface area contributed by atoms with Gasteiger partial charge in [0.05, 0.1) is 5.56 Å². The number of carboxylic acids is 1. The van der Waals surface area contributed by atoms with Crippen molar-refractivity contribution in [3.8, 4) is 11.6 Å².